The summed E-state index contributed by atoms with van der Waals surface area (Å²) in [5, 5.41) is 4.41. The molecule has 6 heteroatoms. The Morgan fingerprint density at radius 3 is 2.81 bits per heavy atom. The molecule has 5 nitrogen and oxygen atoms in total. The molecule has 0 saturated carbocycles. The first kappa shape index (κ1) is 16.3. The number of aromatic nitrogens is 2. The van der Waals surface area contributed by atoms with E-state index in [-0.39, 0.29) is 6.04 Å². The molecule has 1 aromatic carbocycles. The third kappa shape index (κ3) is 3.96. The minimum atomic E-state index is -0.251. The van der Waals surface area contributed by atoms with Crippen LogP contribution in [0.2, 0.25) is 0 Å². The van der Waals surface area contributed by atoms with Gasteiger partial charge in [-0.3, -0.25) is 4.68 Å². The third-order valence-electron chi connectivity index (χ3n) is 3.33. The molecule has 21 heavy (non-hydrogen) atoms. The summed E-state index contributed by atoms with van der Waals surface area (Å²) in [4.78, 5) is 2.12. The van der Waals surface area contributed by atoms with Crippen LogP contribution in [0.3, 0.4) is 0 Å². The maximum absolute atomic E-state index is 6.46. The van der Waals surface area contributed by atoms with Crippen LogP contribution in [0, 0.1) is 3.57 Å². The van der Waals surface area contributed by atoms with E-state index in [0.717, 1.165) is 30.1 Å². The van der Waals surface area contributed by atoms with Gasteiger partial charge >= 0.3 is 0 Å². The highest BCUT2D eigenvalue weighted by Crippen LogP contribution is 2.28. The summed E-state index contributed by atoms with van der Waals surface area (Å²) in [6, 6.07) is 7.95. The Hall–Kier alpha value is -1.12. The molecular weight excluding hydrogens is 379 g/mol. The van der Waals surface area contributed by atoms with Crippen molar-refractivity contribution in [3.05, 3.63) is 45.3 Å². The average Bonchev–Trinajstić information content (AvgIpc) is 2.87. The SMILES string of the molecule is COc1cnn(CCN(C)C)c1C(N)c1cccc(I)c1. The van der Waals surface area contributed by atoms with Crippen LogP contribution in [0.15, 0.2) is 30.5 Å². The minimum Gasteiger partial charge on any atom is -0.493 e. The van der Waals surface area contributed by atoms with E-state index in [4.69, 9.17) is 10.5 Å². The zero-order valence-electron chi connectivity index (χ0n) is 12.6. The summed E-state index contributed by atoms with van der Waals surface area (Å²) in [6.45, 7) is 1.68. The molecule has 0 fully saturated rings. The summed E-state index contributed by atoms with van der Waals surface area (Å²) < 4.78 is 8.53. The van der Waals surface area contributed by atoms with E-state index >= 15 is 0 Å². The van der Waals surface area contributed by atoms with Gasteiger partial charge in [0.15, 0.2) is 5.75 Å². The van der Waals surface area contributed by atoms with Crippen molar-refractivity contribution >= 4 is 22.6 Å². The van der Waals surface area contributed by atoms with E-state index in [1.54, 1.807) is 13.3 Å². The molecule has 0 radical (unpaired) electrons. The number of hydrogen-bond donors (Lipinski definition) is 1. The van der Waals surface area contributed by atoms with E-state index < -0.39 is 0 Å². The zero-order chi connectivity index (χ0) is 15.4. The lowest BCUT2D eigenvalue weighted by atomic mass is 10.0. The lowest BCUT2D eigenvalue weighted by Crippen LogP contribution is -2.23. The second-order valence-corrected chi connectivity index (χ2v) is 6.40. The second-order valence-electron chi connectivity index (χ2n) is 5.16. The molecule has 0 saturated heterocycles. The van der Waals surface area contributed by atoms with Gasteiger partial charge < -0.3 is 15.4 Å². The van der Waals surface area contributed by atoms with Gasteiger partial charge in [0, 0.05) is 10.1 Å². The number of nitrogens with zero attached hydrogens (tertiary/aromatic N) is 3. The average molecular weight is 400 g/mol. The lowest BCUT2D eigenvalue weighted by Gasteiger charge is -2.18. The van der Waals surface area contributed by atoms with E-state index in [2.05, 4.69) is 44.7 Å². The van der Waals surface area contributed by atoms with Crippen LogP contribution >= 0.6 is 22.6 Å². The number of benzene rings is 1. The van der Waals surface area contributed by atoms with Crippen LogP contribution in [-0.4, -0.2) is 42.4 Å². The van der Waals surface area contributed by atoms with Crippen molar-refractivity contribution in [1.29, 1.82) is 0 Å². The highest BCUT2D eigenvalue weighted by Gasteiger charge is 2.20. The predicted octanol–water partition coefficient (Wildman–Crippen LogP) is 2.11. The molecule has 2 rings (SSSR count). The maximum Gasteiger partial charge on any atom is 0.161 e. The van der Waals surface area contributed by atoms with Crippen LogP contribution < -0.4 is 10.5 Å². The third-order valence-corrected chi connectivity index (χ3v) is 4.00. The number of rotatable bonds is 6. The Morgan fingerprint density at radius 1 is 1.43 bits per heavy atom. The fraction of sp³-hybridized carbons (Fsp3) is 0.400. The van der Waals surface area contributed by atoms with E-state index in [1.807, 2.05) is 30.9 Å². The van der Waals surface area contributed by atoms with Gasteiger partial charge in [-0.15, -0.1) is 0 Å². The molecule has 1 aromatic heterocycles. The molecule has 0 aliphatic carbocycles. The molecule has 2 N–H and O–H groups in total. The van der Waals surface area contributed by atoms with E-state index in [0.29, 0.717) is 0 Å². The molecular formula is C15H21IN4O. The summed E-state index contributed by atoms with van der Waals surface area (Å²) in [6.07, 6.45) is 1.73. The summed E-state index contributed by atoms with van der Waals surface area (Å²) in [7, 11) is 5.73. The van der Waals surface area contributed by atoms with Gasteiger partial charge in [0.05, 0.1) is 25.9 Å². The zero-order valence-corrected chi connectivity index (χ0v) is 14.7. The van der Waals surface area contributed by atoms with Crippen LogP contribution in [0.25, 0.3) is 0 Å². The van der Waals surface area contributed by atoms with Crippen molar-refractivity contribution in [3.63, 3.8) is 0 Å². The standard InChI is InChI=1S/C15H21IN4O/c1-19(2)7-8-20-15(13(21-3)10-18-20)14(17)11-5-4-6-12(16)9-11/h4-6,9-10,14H,7-8,17H2,1-3H3. The molecule has 1 atom stereocenters. The Bertz CT molecular complexity index is 597. The maximum atomic E-state index is 6.46. The summed E-state index contributed by atoms with van der Waals surface area (Å²) in [5.41, 5.74) is 8.44. The van der Waals surface area contributed by atoms with Gasteiger partial charge in [0.1, 0.15) is 5.69 Å². The van der Waals surface area contributed by atoms with Gasteiger partial charge in [0.2, 0.25) is 0 Å². The first-order valence-electron chi connectivity index (χ1n) is 6.78. The molecule has 1 unspecified atom stereocenters. The van der Waals surface area contributed by atoms with Crippen LogP contribution in [0.4, 0.5) is 0 Å². The first-order valence-corrected chi connectivity index (χ1v) is 7.86. The number of halogens is 1. The topological polar surface area (TPSA) is 56.3 Å². The number of hydrogen-bond acceptors (Lipinski definition) is 4. The van der Waals surface area contributed by atoms with Gasteiger partial charge in [-0.05, 0) is 54.4 Å². The van der Waals surface area contributed by atoms with Gasteiger partial charge in [-0.25, -0.2) is 0 Å². The van der Waals surface area contributed by atoms with E-state index in [1.165, 1.54) is 3.57 Å². The molecule has 0 aliphatic heterocycles. The van der Waals surface area contributed by atoms with Crippen molar-refractivity contribution in [3.8, 4) is 5.75 Å². The normalized spacial score (nSPS) is 12.7. The van der Waals surface area contributed by atoms with Crippen molar-refractivity contribution in [2.24, 2.45) is 5.73 Å². The van der Waals surface area contributed by atoms with Crippen LogP contribution in [0.1, 0.15) is 17.3 Å². The largest absolute Gasteiger partial charge is 0.493 e. The van der Waals surface area contributed by atoms with Crippen LogP contribution in [0.5, 0.6) is 5.75 Å². The summed E-state index contributed by atoms with van der Waals surface area (Å²) in [5.74, 6) is 0.736. The molecule has 114 valence electrons. The Labute approximate surface area is 139 Å². The van der Waals surface area contributed by atoms with Gasteiger partial charge in [0.25, 0.3) is 0 Å². The van der Waals surface area contributed by atoms with Crippen molar-refractivity contribution in [2.45, 2.75) is 12.6 Å². The highest BCUT2D eigenvalue weighted by molar-refractivity contribution is 14.1. The molecule has 0 bridgehead atoms. The number of methoxy groups -OCH3 is 1. The van der Waals surface area contributed by atoms with Crippen molar-refractivity contribution in [2.75, 3.05) is 27.7 Å². The number of ether oxygens (including phenoxy) is 1. The minimum absolute atomic E-state index is 0.251. The molecule has 0 spiro atoms. The fourth-order valence-corrected chi connectivity index (χ4v) is 2.75. The van der Waals surface area contributed by atoms with Gasteiger partial charge in [-0.2, -0.15) is 5.10 Å². The Balaban J connectivity index is 2.34. The second kappa shape index (κ2) is 7.24. The van der Waals surface area contributed by atoms with E-state index in [9.17, 15) is 0 Å². The highest BCUT2D eigenvalue weighted by atomic mass is 127. The fourth-order valence-electron chi connectivity index (χ4n) is 2.18. The molecule has 0 amide bonds. The Morgan fingerprint density at radius 2 is 2.19 bits per heavy atom. The lowest BCUT2D eigenvalue weighted by molar-refractivity contribution is 0.363. The molecule has 0 aliphatic rings. The monoisotopic (exact) mass is 400 g/mol. The number of likely N-dealkylation sites (N-methyl/N-ethyl adjacent to an activating group) is 1. The van der Waals surface area contributed by atoms with Crippen LogP contribution in [-0.2, 0) is 6.54 Å². The quantitative estimate of drug-likeness (QED) is 0.755. The van der Waals surface area contributed by atoms with Crippen molar-refractivity contribution < 1.29 is 4.74 Å². The molecule has 1 heterocycles. The predicted molar refractivity (Wildman–Crippen MR) is 92.5 cm³/mol. The van der Waals surface area contributed by atoms with Gasteiger partial charge in [-0.1, -0.05) is 12.1 Å². The summed E-state index contributed by atoms with van der Waals surface area (Å²) >= 11 is 2.29. The molecule has 2 aromatic rings. The first-order chi connectivity index (χ1) is 10.0. The number of nitrogens with two attached hydrogens (primary N) is 1. The Kier molecular flexibility index (Phi) is 5.60. The van der Waals surface area contributed by atoms with Crippen molar-refractivity contribution in [1.82, 2.24) is 14.7 Å². The smallest absolute Gasteiger partial charge is 0.161 e.